The van der Waals surface area contributed by atoms with E-state index in [0.717, 1.165) is 24.3 Å². The van der Waals surface area contributed by atoms with E-state index in [2.05, 4.69) is 21.7 Å². The molecule has 2 aliphatic rings. The van der Waals surface area contributed by atoms with Gasteiger partial charge in [0.2, 0.25) is 0 Å². The average Bonchev–Trinajstić information content (AvgIpc) is 3.19. The third-order valence-corrected chi connectivity index (χ3v) is 5.79. The van der Waals surface area contributed by atoms with Crippen LogP contribution in [0.25, 0.3) is 0 Å². The average molecular weight is 554 g/mol. The van der Waals surface area contributed by atoms with Gasteiger partial charge in [-0.1, -0.05) is 24.3 Å². The summed E-state index contributed by atoms with van der Waals surface area (Å²) in [6.45, 7) is 5.15. The minimum absolute atomic E-state index is 0. The van der Waals surface area contributed by atoms with Crippen molar-refractivity contribution < 1.29 is 14.2 Å². The highest BCUT2D eigenvalue weighted by Gasteiger charge is 2.22. The fraction of sp³-hybridized carbons (Fsp3) is 0.458. The summed E-state index contributed by atoms with van der Waals surface area (Å²) in [5.74, 6) is 1.41. The zero-order chi connectivity index (χ0) is 21.6. The number of anilines is 1. The Morgan fingerprint density at radius 3 is 2.69 bits per heavy atom. The summed E-state index contributed by atoms with van der Waals surface area (Å²) in [5, 5.41) is 16.2. The summed E-state index contributed by atoms with van der Waals surface area (Å²) in [7, 11) is 0. The molecule has 2 aromatic rings. The number of guanidine groups is 1. The molecule has 1 atom stereocenters. The fourth-order valence-electron chi connectivity index (χ4n) is 4.10. The van der Waals surface area contributed by atoms with Crippen LogP contribution in [0.3, 0.4) is 0 Å². The number of piperidine rings is 1. The zero-order valence-electron chi connectivity index (χ0n) is 18.4. The van der Waals surface area contributed by atoms with Crippen molar-refractivity contribution in [1.29, 1.82) is 0 Å². The van der Waals surface area contributed by atoms with Crippen LogP contribution >= 0.6 is 24.0 Å². The lowest BCUT2D eigenvalue weighted by molar-refractivity contribution is 0.145. The SMILES string of the molecule is CCNC(=NCc1ccc(N2CCC(O)CC2)c(F)c1)NCC1Cc2ccccc2O1.I. The molecule has 1 unspecified atom stereocenters. The Bertz CT molecular complexity index is 894. The molecular formula is C24H32FIN4O2. The highest BCUT2D eigenvalue weighted by molar-refractivity contribution is 14.0. The number of para-hydroxylation sites is 1. The fourth-order valence-corrected chi connectivity index (χ4v) is 4.10. The second kappa shape index (κ2) is 11.7. The summed E-state index contributed by atoms with van der Waals surface area (Å²) >= 11 is 0. The van der Waals surface area contributed by atoms with E-state index in [4.69, 9.17) is 4.74 Å². The molecule has 174 valence electrons. The number of benzene rings is 2. The number of aliphatic imine (C=N–C) groups is 1. The van der Waals surface area contributed by atoms with Gasteiger partial charge >= 0.3 is 0 Å². The smallest absolute Gasteiger partial charge is 0.191 e. The summed E-state index contributed by atoms with van der Waals surface area (Å²) in [6.07, 6.45) is 2.04. The van der Waals surface area contributed by atoms with E-state index in [-0.39, 0.29) is 42.0 Å². The van der Waals surface area contributed by atoms with Crippen molar-refractivity contribution in [3.8, 4) is 5.75 Å². The van der Waals surface area contributed by atoms with Crippen LogP contribution in [0.5, 0.6) is 5.75 Å². The molecule has 3 N–H and O–H groups in total. The minimum atomic E-state index is -0.270. The maximum atomic E-state index is 14.7. The predicted molar refractivity (Wildman–Crippen MR) is 137 cm³/mol. The summed E-state index contributed by atoms with van der Waals surface area (Å²) in [5.41, 5.74) is 2.65. The second-order valence-corrected chi connectivity index (χ2v) is 8.13. The van der Waals surface area contributed by atoms with Gasteiger partial charge in [0, 0.05) is 26.1 Å². The van der Waals surface area contributed by atoms with E-state index >= 15 is 0 Å². The third-order valence-electron chi connectivity index (χ3n) is 5.79. The molecule has 2 heterocycles. The Morgan fingerprint density at radius 2 is 1.97 bits per heavy atom. The number of ether oxygens (including phenoxy) is 1. The first kappa shape index (κ1) is 24.6. The van der Waals surface area contributed by atoms with Crippen molar-refractivity contribution in [3.05, 3.63) is 59.4 Å². The number of nitrogens with one attached hydrogen (secondary N) is 2. The van der Waals surface area contributed by atoms with Crippen LogP contribution in [0.15, 0.2) is 47.5 Å². The van der Waals surface area contributed by atoms with Crippen molar-refractivity contribution in [2.24, 2.45) is 4.99 Å². The maximum absolute atomic E-state index is 14.7. The molecule has 0 aromatic heterocycles. The highest BCUT2D eigenvalue weighted by atomic mass is 127. The number of aliphatic hydroxyl groups is 1. The van der Waals surface area contributed by atoms with Crippen LogP contribution in [0.2, 0.25) is 0 Å². The first-order valence-electron chi connectivity index (χ1n) is 11.1. The van der Waals surface area contributed by atoms with Gasteiger partial charge in [0.05, 0.1) is 24.9 Å². The molecule has 0 spiro atoms. The van der Waals surface area contributed by atoms with Crippen LogP contribution in [0.4, 0.5) is 10.1 Å². The molecule has 0 aliphatic carbocycles. The Balaban J connectivity index is 0.00000289. The van der Waals surface area contributed by atoms with E-state index in [1.54, 1.807) is 6.07 Å². The van der Waals surface area contributed by atoms with E-state index in [1.807, 2.05) is 42.2 Å². The third kappa shape index (κ3) is 6.25. The van der Waals surface area contributed by atoms with Gasteiger partial charge in [-0.3, -0.25) is 0 Å². The lowest BCUT2D eigenvalue weighted by Gasteiger charge is -2.31. The molecule has 1 fully saturated rings. The molecule has 0 saturated carbocycles. The van der Waals surface area contributed by atoms with Crippen molar-refractivity contribution in [1.82, 2.24) is 10.6 Å². The number of fused-ring (bicyclic) bond motifs is 1. The molecule has 4 rings (SSSR count). The molecule has 6 nitrogen and oxygen atoms in total. The molecule has 0 amide bonds. The molecule has 2 aromatic carbocycles. The van der Waals surface area contributed by atoms with Crippen LogP contribution in [0, 0.1) is 5.82 Å². The topological polar surface area (TPSA) is 69.1 Å². The predicted octanol–water partition coefficient (Wildman–Crippen LogP) is 3.46. The van der Waals surface area contributed by atoms with Crippen molar-refractivity contribution in [2.45, 2.75) is 44.9 Å². The molecular weight excluding hydrogens is 522 g/mol. The minimum Gasteiger partial charge on any atom is -0.488 e. The first-order chi connectivity index (χ1) is 15.1. The maximum Gasteiger partial charge on any atom is 0.191 e. The molecule has 0 bridgehead atoms. The van der Waals surface area contributed by atoms with Gasteiger partial charge in [0.15, 0.2) is 5.96 Å². The highest BCUT2D eigenvalue weighted by Crippen LogP contribution is 2.28. The molecule has 2 aliphatic heterocycles. The lowest BCUT2D eigenvalue weighted by atomic mass is 10.1. The summed E-state index contributed by atoms with van der Waals surface area (Å²) in [4.78, 5) is 6.61. The first-order valence-corrected chi connectivity index (χ1v) is 11.1. The number of rotatable bonds is 6. The quantitative estimate of drug-likeness (QED) is 0.290. The Labute approximate surface area is 206 Å². The van der Waals surface area contributed by atoms with Gasteiger partial charge in [0.1, 0.15) is 17.7 Å². The summed E-state index contributed by atoms with van der Waals surface area (Å²) < 4.78 is 20.7. The van der Waals surface area contributed by atoms with Gasteiger partial charge in [0.25, 0.3) is 0 Å². The van der Waals surface area contributed by atoms with Crippen LogP contribution in [-0.4, -0.2) is 49.5 Å². The Morgan fingerprint density at radius 1 is 1.19 bits per heavy atom. The van der Waals surface area contributed by atoms with E-state index in [0.29, 0.717) is 50.7 Å². The van der Waals surface area contributed by atoms with Gasteiger partial charge in [-0.05, 0) is 49.1 Å². The largest absolute Gasteiger partial charge is 0.488 e. The van der Waals surface area contributed by atoms with Gasteiger partial charge in [-0.25, -0.2) is 9.38 Å². The normalized spacial score (nSPS) is 18.5. The summed E-state index contributed by atoms with van der Waals surface area (Å²) in [6, 6.07) is 13.4. The lowest BCUT2D eigenvalue weighted by Crippen LogP contribution is -2.42. The van der Waals surface area contributed by atoms with Crippen LogP contribution in [-0.2, 0) is 13.0 Å². The number of halogens is 2. The monoisotopic (exact) mass is 554 g/mol. The molecule has 32 heavy (non-hydrogen) atoms. The van der Waals surface area contributed by atoms with Crippen molar-refractivity contribution in [2.75, 3.05) is 31.1 Å². The van der Waals surface area contributed by atoms with Gasteiger partial charge in [-0.15, -0.1) is 24.0 Å². The van der Waals surface area contributed by atoms with Gasteiger partial charge < -0.3 is 25.4 Å². The molecule has 1 saturated heterocycles. The zero-order valence-corrected chi connectivity index (χ0v) is 20.7. The molecule has 8 heteroatoms. The standard InChI is InChI=1S/C24H31FN4O2.HI/c1-2-26-24(28-16-20-14-18-5-3-4-6-23(18)31-20)27-15-17-7-8-22(21(25)13-17)29-11-9-19(30)10-12-29;/h3-8,13,19-20,30H,2,9-12,14-16H2,1H3,(H2,26,27,28);1H. The number of nitrogens with zero attached hydrogens (tertiary/aromatic N) is 2. The Hall–Kier alpha value is -2.07. The van der Waals surface area contributed by atoms with Crippen molar-refractivity contribution in [3.63, 3.8) is 0 Å². The Kier molecular flexibility index (Phi) is 8.98. The van der Waals surface area contributed by atoms with E-state index in [9.17, 15) is 9.50 Å². The number of hydrogen-bond acceptors (Lipinski definition) is 4. The van der Waals surface area contributed by atoms with Crippen LogP contribution in [0.1, 0.15) is 30.9 Å². The van der Waals surface area contributed by atoms with E-state index in [1.165, 1.54) is 5.56 Å². The number of hydrogen-bond donors (Lipinski definition) is 3. The second-order valence-electron chi connectivity index (χ2n) is 8.13. The number of aliphatic hydroxyl groups excluding tert-OH is 1. The van der Waals surface area contributed by atoms with Crippen molar-refractivity contribution >= 4 is 35.6 Å². The molecule has 0 radical (unpaired) electrons. The van der Waals surface area contributed by atoms with E-state index < -0.39 is 0 Å². The van der Waals surface area contributed by atoms with Gasteiger partial charge in [-0.2, -0.15) is 0 Å². The van der Waals surface area contributed by atoms with Crippen LogP contribution < -0.4 is 20.3 Å².